The molecule has 1 N–H and O–H groups in total. The summed E-state index contributed by atoms with van der Waals surface area (Å²) in [6.45, 7) is -0.0617. The lowest BCUT2D eigenvalue weighted by atomic mass is 10.8. The van der Waals surface area contributed by atoms with E-state index in [2.05, 4.69) is 9.99 Å². The lowest BCUT2D eigenvalue weighted by Gasteiger charge is -1.78. The van der Waals surface area contributed by atoms with Crippen LogP contribution in [-0.4, -0.2) is 25.0 Å². The molecule has 0 aromatic carbocycles. The molecule has 0 aliphatic heterocycles. The van der Waals surface area contributed by atoms with Gasteiger partial charge in [-0.2, -0.15) is 0 Å². The van der Waals surface area contributed by atoms with Crippen LogP contribution in [0, 0.1) is 0 Å². The highest BCUT2D eigenvalue weighted by molar-refractivity contribution is 5.56. The molecule has 0 fully saturated rings. The molecular formula is C3H7NO2. The average Bonchev–Trinajstić information content (AvgIpc) is 1.61. The molecule has 0 unspecified atom stereocenters. The van der Waals surface area contributed by atoms with Crippen molar-refractivity contribution in [1.29, 1.82) is 0 Å². The van der Waals surface area contributed by atoms with Gasteiger partial charge in [0.15, 0.2) is 0 Å². The lowest BCUT2D eigenvalue weighted by Crippen LogP contribution is -1.80. The minimum atomic E-state index is -0.0617. The molecule has 3 nitrogen and oxygen atoms in total. The molecule has 0 aliphatic rings. The Kier molecular flexibility index (Phi) is 4.01. The second kappa shape index (κ2) is 4.43. The van der Waals surface area contributed by atoms with Crippen molar-refractivity contribution in [1.82, 2.24) is 0 Å². The Morgan fingerprint density at radius 3 is 2.83 bits per heavy atom. The van der Waals surface area contributed by atoms with E-state index in [0.717, 1.165) is 0 Å². The lowest BCUT2D eigenvalue weighted by molar-refractivity contribution is 0.212. The van der Waals surface area contributed by atoms with E-state index in [1.165, 1.54) is 13.3 Å². The second-order valence-electron chi connectivity index (χ2n) is 0.653. The van der Waals surface area contributed by atoms with Gasteiger partial charge < -0.3 is 9.94 Å². The topological polar surface area (TPSA) is 41.8 Å². The summed E-state index contributed by atoms with van der Waals surface area (Å²) in [6, 6.07) is 0. The number of aliphatic hydroxyl groups excluding tert-OH is 1. The van der Waals surface area contributed by atoms with Gasteiger partial charge in [0.05, 0.1) is 12.8 Å². The van der Waals surface area contributed by atoms with Crippen LogP contribution in [0.2, 0.25) is 0 Å². The fraction of sp³-hybridized carbons (Fsp3) is 0.667. The molecule has 0 rings (SSSR count). The van der Waals surface area contributed by atoms with E-state index in [4.69, 9.17) is 5.11 Å². The summed E-state index contributed by atoms with van der Waals surface area (Å²) in [5.41, 5.74) is 0. The number of rotatable bonds is 2. The third-order valence-electron chi connectivity index (χ3n) is 0.262. The molecule has 0 bridgehead atoms. The van der Waals surface area contributed by atoms with Gasteiger partial charge in [0.1, 0.15) is 7.11 Å². The molecule has 3 heteroatoms. The van der Waals surface area contributed by atoms with E-state index >= 15 is 0 Å². The van der Waals surface area contributed by atoms with Crippen molar-refractivity contribution in [3.05, 3.63) is 0 Å². The quantitative estimate of drug-likeness (QED) is 0.370. The molecule has 0 saturated carbocycles. The smallest absolute Gasteiger partial charge is 0.106 e. The van der Waals surface area contributed by atoms with Crippen LogP contribution in [0.1, 0.15) is 0 Å². The predicted molar refractivity (Wildman–Crippen MR) is 22.6 cm³/mol. The normalized spacial score (nSPS) is 9.67. The van der Waals surface area contributed by atoms with E-state index in [-0.39, 0.29) is 6.61 Å². The number of hydrogen-bond acceptors (Lipinski definition) is 3. The van der Waals surface area contributed by atoms with Crippen molar-refractivity contribution in [3.8, 4) is 0 Å². The maximum absolute atomic E-state index is 7.97. The highest BCUT2D eigenvalue weighted by Gasteiger charge is 1.60. The van der Waals surface area contributed by atoms with Crippen LogP contribution in [0.4, 0.5) is 0 Å². The first-order valence-electron chi connectivity index (χ1n) is 1.57. The fourth-order valence-electron chi connectivity index (χ4n) is 0.108. The molecule has 0 spiro atoms. The fourth-order valence-corrected chi connectivity index (χ4v) is 0.108. The number of nitrogens with zero attached hydrogens (tertiary/aromatic N) is 1. The zero-order valence-corrected chi connectivity index (χ0v) is 3.59. The van der Waals surface area contributed by atoms with Crippen LogP contribution in [0.25, 0.3) is 0 Å². The molecule has 0 radical (unpaired) electrons. The SMILES string of the molecule is CO/N=C/CO. The summed E-state index contributed by atoms with van der Waals surface area (Å²) in [5, 5.41) is 11.2. The average molecular weight is 89.1 g/mol. The van der Waals surface area contributed by atoms with Crippen molar-refractivity contribution in [2.24, 2.45) is 5.16 Å². The summed E-state index contributed by atoms with van der Waals surface area (Å²) < 4.78 is 0. The second-order valence-corrected chi connectivity index (χ2v) is 0.653. The summed E-state index contributed by atoms with van der Waals surface area (Å²) in [4.78, 5) is 4.19. The van der Waals surface area contributed by atoms with Gasteiger partial charge in [-0.25, -0.2) is 0 Å². The third-order valence-corrected chi connectivity index (χ3v) is 0.262. The summed E-state index contributed by atoms with van der Waals surface area (Å²) in [5.74, 6) is 0. The van der Waals surface area contributed by atoms with Crippen LogP contribution in [0.3, 0.4) is 0 Å². The Hall–Kier alpha value is -0.570. The Bertz CT molecular complexity index is 38.1. The molecule has 0 aromatic rings. The van der Waals surface area contributed by atoms with Crippen LogP contribution in [0.15, 0.2) is 5.16 Å². The summed E-state index contributed by atoms with van der Waals surface area (Å²) in [7, 11) is 1.42. The third kappa shape index (κ3) is 3.43. The van der Waals surface area contributed by atoms with Gasteiger partial charge in [0.2, 0.25) is 0 Å². The number of aliphatic hydroxyl groups is 1. The largest absolute Gasteiger partial charge is 0.399 e. The van der Waals surface area contributed by atoms with Crippen LogP contribution >= 0.6 is 0 Å². The Labute approximate surface area is 36.2 Å². The van der Waals surface area contributed by atoms with Crippen LogP contribution in [-0.2, 0) is 4.84 Å². The molecule has 36 valence electrons. The molecule has 0 amide bonds. The van der Waals surface area contributed by atoms with Crippen molar-refractivity contribution in [2.45, 2.75) is 0 Å². The number of hydrogen-bond donors (Lipinski definition) is 1. The van der Waals surface area contributed by atoms with Crippen LogP contribution in [0.5, 0.6) is 0 Å². The Balaban J connectivity index is 2.73. The first-order valence-corrected chi connectivity index (χ1v) is 1.57. The monoisotopic (exact) mass is 89.0 g/mol. The Morgan fingerprint density at radius 1 is 2.00 bits per heavy atom. The van der Waals surface area contributed by atoms with Crippen molar-refractivity contribution in [2.75, 3.05) is 13.7 Å². The van der Waals surface area contributed by atoms with E-state index in [1.54, 1.807) is 0 Å². The van der Waals surface area contributed by atoms with Gasteiger partial charge in [-0.1, -0.05) is 5.16 Å². The maximum atomic E-state index is 7.97. The van der Waals surface area contributed by atoms with E-state index < -0.39 is 0 Å². The van der Waals surface area contributed by atoms with E-state index in [1.807, 2.05) is 0 Å². The molecule has 6 heavy (non-hydrogen) atoms. The van der Waals surface area contributed by atoms with E-state index in [0.29, 0.717) is 0 Å². The number of oxime groups is 1. The van der Waals surface area contributed by atoms with Crippen molar-refractivity contribution < 1.29 is 9.94 Å². The zero-order valence-electron chi connectivity index (χ0n) is 3.59. The van der Waals surface area contributed by atoms with Crippen molar-refractivity contribution in [3.63, 3.8) is 0 Å². The molecule has 0 saturated heterocycles. The van der Waals surface area contributed by atoms with E-state index in [9.17, 15) is 0 Å². The molecule has 0 aromatic heterocycles. The van der Waals surface area contributed by atoms with Gasteiger partial charge in [-0.15, -0.1) is 0 Å². The van der Waals surface area contributed by atoms with Crippen molar-refractivity contribution >= 4 is 6.21 Å². The van der Waals surface area contributed by atoms with Gasteiger partial charge in [-0.3, -0.25) is 0 Å². The first kappa shape index (κ1) is 5.43. The first-order chi connectivity index (χ1) is 2.91. The predicted octanol–water partition coefficient (Wildman–Crippen LogP) is -0.389. The highest BCUT2D eigenvalue weighted by atomic mass is 16.6. The summed E-state index contributed by atoms with van der Waals surface area (Å²) >= 11 is 0. The van der Waals surface area contributed by atoms with Gasteiger partial charge in [0, 0.05) is 0 Å². The maximum Gasteiger partial charge on any atom is 0.106 e. The minimum absolute atomic E-state index is 0.0617. The highest BCUT2D eigenvalue weighted by Crippen LogP contribution is 1.58. The van der Waals surface area contributed by atoms with Crippen LogP contribution < -0.4 is 0 Å². The summed E-state index contributed by atoms with van der Waals surface area (Å²) in [6.07, 6.45) is 1.26. The standard InChI is InChI=1S/C3H7NO2/c1-6-4-2-3-5/h2,5H,3H2,1H3/b4-2+. The molecule has 0 heterocycles. The minimum Gasteiger partial charge on any atom is -0.399 e. The van der Waals surface area contributed by atoms with Gasteiger partial charge >= 0.3 is 0 Å². The molecule has 0 atom stereocenters. The van der Waals surface area contributed by atoms with Gasteiger partial charge in [-0.05, 0) is 0 Å². The zero-order chi connectivity index (χ0) is 4.83. The Morgan fingerprint density at radius 2 is 2.67 bits per heavy atom. The molecule has 0 aliphatic carbocycles. The molecular weight excluding hydrogens is 82.0 g/mol. The van der Waals surface area contributed by atoms with Gasteiger partial charge in [0.25, 0.3) is 0 Å².